The van der Waals surface area contributed by atoms with Crippen LogP contribution >= 0.6 is 0 Å². The van der Waals surface area contributed by atoms with Crippen molar-refractivity contribution >= 4 is 17.4 Å². The maximum absolute atomic E-state index is 13.6. The van der Waals surface area contributed by atoms with E-state index in [1.807, 2.05) is 6.92 Å². The number of rotatable bonds is 7. The molecule has 0 saturated carbocycles. The standard InChI is InChI=1S/C23H28FN3O3/c1-16(23(29)25-21-6-4-5-18(14-21)17(2)28)27-11-9-26(10-12-27)15-19-13-20(24)7-8-22(19)30-3/h4-8,13-14,16H,9-12,15H2,1-3H3,(H,25,29)/t16-/m0/s1. The molecule has 0 radical (unpaired) electrons. The number of methoxy groups -OCH3 is 1. The Balaban J connectivity index is 1.54. The summed E-state index contributed by atoms with van der Waals surface area (Å²) < 4.78 is 18.9. The number of Topliss-reactive ketones (excluding diaryl/α,β-unsaturated/α-hetero) is 1. The van der Waals surface area contributed by atoms with Crippen LogP contribution in [0.15, 0.2) is 42.5 Å². The molecule has 6 nitrogen and oxygen atoms in total. The molecular weight excluding hydrogens is 385 g/mol. The second-order valence-electron chi connectivity index (χ2n) is 7.57. The van der Waals surface area contributed by atoms with E-state index in [9.17, 15) is 14.0 Å². The van der Waals surface area contributed by atoms with Crippen molar-refractivity contribution < 1.29 is 18.7 Å². The van der Waals surface area contributed by atoms with E-state index in [0.29, 0.717) is 23.5 Å². The summed E-state index contributed by atoms with van der Waals surface area (Å²) in [6, 6.07) is 11.2. The Labute approximate surface area is 176 Å². The van der Waals surface area contributed by atoms with Crippen molar-refractivity contribution in [3.05, 3.63) is 59.4 Å². The van der Waals surface area contributed by atoms with Gasteiger partial charge in [0.2, 0.25) is 5.91 Å². The van der Waals surface area contributed by atoms with Crippen LogP contribution < -0.4 is 10.1 Å². The average Bonchev–Trinajstić information content (AvgIpc) is 2.74. The Bertz CT molecular complexity index is 910. The Morgan fingerprint density at radius 1 is 1.13 bits per heavy atom. The molecule has 0 spiro atoms. The van der Waals surface area contributed by atoms with Crippen LogP contribution in [-0.2, 0) is 11.3 Å². The van der Waals surface area contributed by atoms with Crippen molar-refractivity contribution in [3.8, 4) is 5.75 Å². The van der Waals surface area contributed by atoms with Gasteiger partial charge in [0.1, 0.15) is 11.6 Å². The van der Waals surface area contributed by atoms with E-state index in [0.717, 1.165) is 31.7 Å². The first-order valence-corrected chi connectivity index (χ1v) is 10.1. The third-order valence-corrected chi connectivity index (χ3v) is 5.51. The van der Waals surface area contributed by atoms with E-state index in [1.165, 1.54) is 19.1 Å². The Morgan fingerprint density at radius 2 is 1.87 bits per heavy atom. The van der Waals surface area contributed by atoms with Crippen LogP contribution in [0, 0.1) is 5.82 Å². The molecule has 160 valence electrons. The summed E-state index contributed by atoms with van der Waals surface area (Å²) in [4.78, 5) is 28.6. The zero-order chi connectivity index (χ0) is 21.7. The highest BCUT2D eigenvalue weighted by atomic mass is 19.1. The van der Waals surface area contributed by atoms with Crippen LogP contribution in [-0.4, -0.2) is 60.8 Å². The Morgan fingerprint density at radius 3 is 2.53 bits per heavy atom. The first-order chi connectivity index (χ1) is 14.4. The molecule has 0 bridgehead atoms. The van der Waals surface area contributed by atoms with Crippen molar-refractivity contribution in [2.75, 3.05) is 38.6 Å². The number of carbonyl (C=O) groups is 2. The largest absolute Gasteiger partial charge is 0.496 e. The summed E-state index contributed by atoms with van der Waals surface area (Å²) in [7, 11) is 1.58. The predicted molar refractivity (Wildman–Crippen MR) is 114 cm³/mol. The van der Waals surface area contributed by atoms with Gasteiger partial charge in [0.25, 0.3) is 0 Å². The van der Waals surface area contributed by atoms with Gasteiger partial charge in [-0.05, 0) is 44.2 Å². The molecule has 1 fully saturated rings. The first kappa shape index (κ1) is 21.9. The Kier molecular flexibility index (Phi) is 7.18. The normalized spacial score (nSPS) is 16.1. The molecule has 2 aromatic rings. The molecule has 7 heteroatoms. The van der Waals surface area contributed by atoms with Gasteiger partial charge in [0, 0.05) is 49.5 Å². The molecule has 1 heterocycles. The number of nitrogens with zero attached hydrogens (tertiary/aromatic N) is 2. The van der Waals surface area contributed by atoms with Gasteiger partial charge in [-0.25, -0.2) is 4.39 Å². The van der Waals surface area contributed by atoms with Gasteiger partial charge < -0.3 is 10.1 Å². The van der Waals surface area contributed by atoms with Gasteiger partial charge in [0.15, 0.2) is 5.78 Å². The third kappa shape index (κ3) is 5.43. The van der Waals surface area contributed by atoms with Crippen LogP contribution in [0.2, 0.25) is 0 Å². The Hall–Kier alpha value is -2.77. The zero-order valence-corrected chi connectivity index (χ0v) is 17.7. The lowest BCUT2D eigenvalue weighted by molar-refractivity contribution is -0.121. The summed E-state index contributed by atoms with van der Waals surface area (Å²) in [5, 5.41) is 2.90. The molecule has 2 aromatic carbocycles. The van der Waals surface area contributed by atoms with Gasteiger partial charge >= 0.3 is 0 Å². The number of ketones is 1. The number of anilines is 1. The molecule has 1 atom stereocenters. The number of amides is 1. The van der Waals surface area contributed by atoms with Gasteiger partial charge in [0.05, 0.1) is 13.2 Å². The molecule has 1 saturated heterocycles. The maximum Gasteiger partial charge on any atom is 0.241 e. The van der Waals surface area contributed by atoms with Gasteiger partial charge in [-0.1, -0.05) is 12.1 Å². The number of halogens is 1. The highest BCUT2D eigenvalue weighted by Gasteiger charge is 2.26. The average molecular weight is 413 g/mol. The monoisotopic (exact) mass is 413 g/mol. The lowest BCUT2D eigenvalue weighted by atomic mass is 10.1. The van der Waals surface area contributed by atoms with E-state index >= 15 is 0 Å². The second kappa shape index (κ2) is 9.82. The van der Waals surface area contributed by atoms with Crippen LogP contribution in [0.4, 0.5) is 10.1 Å². The summed E-state index contributed by atoms with van der Waals surface area (Å²) in [5.74, 6) is 0.268. The SMILES string of the molecule is COc1ccc(F)cc1CN1CCN([C@@H](C)C(=O)Nc2cccc(C(C)=O)c2)CC1. The fourth-order valence-corrected chi connectivity index (χ4v) is 3.65. The van der Waals surface area contributed by atoms with Gasteiger partial charge in [-0.15, -0.1) is 0 Å². The molecule has 1 N–H and O–H groups in total. The lowest BCUT2D eigenvalue weighted by Crippen LogP contribution is -2.52. The van der Waals surface area contributed by atoms with E-state index in [2.05, 4.69) is 15.1 Å². The summed E-state index contributed by atoms with van der Waals surface area (Å²) >= 11 is 0. The molecule has 1 aliphatic heterocycles. The summed E-state index contributed by atoms with van der Waals surface area (Å²) in [6.07, 6.45) is 0. The number of piperazine rings is 1. The van der Waals surface area contributed by atoms with Crippen molar-refractivity contribution in [1.82, 2.24) is 9.80 Å². The fourth-order valence-electron chi connectivity index (χ4n) is 3.65. The van der Waals surface area contributed by atoms with Crippen LogP contribution in [0.3, 0.4) is 0 Å². The smallest absolute Gasteiger partial charge is 0.241 e. The topological polar surface area (TPSA) is 61.9 Å². The van der Waals surface area contributed by atoms with E-state index in [1.54, 1.807) is 37.4 Å². The molecule has 0 aromatic heterocycles. The minimum Gasteiger partial charge on any atom is -0.496 e. The lowest BCUT2D eigenvalue weighted by Gasteiger charge is -2.37. The number of hydrogen-bond donors (Lipinski definition) is 1. The number of nitrogens with one attached hydrogen (secondary N) is 1. The minimum atomic E-state index is -0.295. The minimum absolute atomic E-state index is 0.0369. The molecule has 0 unspecified atom stereocenters. The first-order valence-electron chi connectivity index (χ1n) is 10.1. The molecule has 1 aliphatic rings. The molecule has 0 aliphatic carbocycles. The molecule has 3 rings (SSSR count). The highest BCUT2D eigenvalue weighted by molar-refractivity contribution is 5.98. The number of hydrogen-bond acceptors (Lipinski definition) is 5. The second-order valence-corrected chi connectivity index (χ2v) is 7.57. The van der Waals surface area contributed by atoms with E-state index in [4.69, 9.17) is 4.74 Å². The molecule has 1 amide bonds. The maximum atomic E-state index is 13.6. The zero-order valence-electron chi connectivity index (χ0n) is 17.7. The highest BCUT2D eigenvalue weighted by Crippen LogP contribution is 2.22. The number of carbonyl (C=O) groups excluding carboxylic acids is 2. The molecular formula is C23H28FN3O3. The van der Waals surface area contributed by atoms with E-state index < -0.39 is 0 Å². The van der Waals surface area contributed by atoms with Crippen LogP contribution in [0.5, 0.6) is 5.75 Å². The van der Waals surface area contributed by atoms with Crippen molar-refractivity contribution in [3.63, 3.8) is 0 Å². The molecule has 30 heavy (non-hydrogen) atoms. The number of benzene rings is 2. The summed E-state index contributed by atoms with van der Waals surface area (Å²) in [6.45, 7) is 7.01. The summed E-state index contributed by atoms with van der Waals surface area (Å²) in [5.41, 5.74) is 2.01. The fraction of sp³-hybridized carbons (Fsp3) is 0.391. The van der Waals surface area contributed by atoms with Crippen molar-refractivity contribution in [2.45, 2.75) is 26.4 Å². The van der Waals surface area contributed by atoms with Gasteiger partial charge in [-0.2, -0.15) is 0 Å². The number of ether oxygens (including phenoxy) is 1. The van der Waals surface area contributed by atoms with Crippen molar-refractivity contribution in [2.24, 2.45) is 0 Å². The van der Waals surface area contributed by atoms with Crippen LogP contribution in [0.25, 0.3) is 0 Å². The third-order valence-electron chi connectivity index (χ3n) is 5.51. The quantitative estimate of drug-likeness (QED) is 0.707. The van der Waals surface area contributed by atoms with E-state index in [-0.39, 0.29) is 23.5 Å². The van der Waals surface area contributed by atoms with Crippen molar-refractivity contribution in [1.29, 1.82) is 0 Å². The predicted octanol–water partition coefficient (Wildman–Crippen LogP) is 3.18. The van der Waals surface area contributed by atoms with Crippen LogP contribution in [0.1, 0.15) is 29.8 Å². The van der Waals surface area contributed by atoms with Gasteiger partial charge in [-0.3, -0.25) is 19.4 Å².